The summed E-state index contributed by atoms with van der Waals surface area (Å²) in [4.78, 5) is 2.76. The molecule has 0 aliphatic carbocycles. The molecule has 7 heteroatoms. The molecule has 26 heavy (non-hydrogen) atoms. The normalized spacial score (nSPS) is 16.9. The maximum atomic E-state index is 12.7. The summed E-state index contributed by atoms with van der Waals surface area (Å²) in [6, 6.07) is 10.5. The van der Waals surface area contributed by atoms with Gasteiger partial charge in [-0.25, -0.2) is 13.1 Å². The molecule has 1 aliphatic rings. The number of benzene rings is 1. The lowest BCUT2D eigenvalue weighted by Gasteiger charge is -2.32. The Morgan fingerprint density at radius 3 is 2.38 bits per heavy atom. The number of sulfonamides is 1. The van der Waals surface area contributed by atoms with E-state index in [1.54, 1.807) is 25.6 Å². The predicted molar refractivity (Wildman–Crippen MR) is 102 cm³/mol. The van der Waals surface area contributed by atoms with E-state index < -0.39 is 10.0 Å². The van der Waals surface area contributed by atoms with E-state index in [0.29, 0.717) is 28.7 Å². The lowest BCUT2D eigenvalue weighted by atomic mass is 9.97. The first-order chi connectivity index (χ1) is 12.4. The molecule has 6 nitrogen and oxygen atoms in total. The number of aromatic nitrogens is 2. The van der Waals surface area contributed by atoms with Gasteiger partial charge in [0.25, 0.3) is 0 Å². The molecule has 142 valence electrons. The van der Waals surface area contributed by atoms with Crippen LogP contribution in [0.25, 0.3) is 0 Å². The van der Waals surface area contributed by atoms with Crippen LogP contribution in [0, 0.1) is 19.8 Å². The van der Waals surface area contributed by atoms with Gasteiger partial charge in [-0.05, 0) is 51.3 Å². The average molecular weight is 377 g/mol. The van der Waals surface area contributed by atoms with Crippen molar-refractivity contribution in [2.45, 2.75) is 38.1 Å². The molecule has 1 N–H and O–H groups in total. The first-order valence-corrected chi connectivity index (χ1v) is 10.6. The highest BCUT2D eigenvalue weighted by Gasteiger charge is 2.26. The van der Waals surface area contributed by atoms with Crippen molar-refractivity contribution >= 4 is 10.0 Å². The Bertz CT molecular complexity index is 838. The molecule has 0 bridgehead atoms. The van der Waals surface area contributed by atoms with E-state index in [1.807, 2.05) is 6.07 Å². The Morgan fingerprint density at radius 1 is 1.15 bits per heavy atom. The minimum Gasteiger partial charge on any atom is -0.299 e. The largest absolute Gasteiger partial charge is 0.299 e. The zero-order valence-corrected chi connectivity index (χ0v) is 16.6. The first kappa shape index (κ1) is 19.1. The van der Waals surface area contributed by atoms with Gasteiger partial charge in [0.1, 0.15) is 4.90 Å². The van der Waals surface area contributed by atoms with Gasteiger partial charge in [0, 0.05) is 20.1 Å². The number of rotatable bonds is 6. The summed E-state index contributed by atoms with van der Waals surface area (Å²) in [6.45, 7) is 7.00. The lowest BCUT2D eigenvalue weighted by Crippen LogP contribution is -2.38. The Labute approximate surface area is 156 Å². The molecule has 0 saturated carbocycles. The van der Waals surface area contributed by atoms with Crippen molar-refractivity contribution in [3.05, 3.63) is 47.3 Å². The molecule has 3 rings (SSSR count). The van der Waals surface area contributed by atoms with Crippen LogP contribution >= 0.6 is 0 Å². The van der Waals surface area contributed by atoms with Gasteiger partial charge in [-0.2, -0.15) is 5.10 Å². The Hall–Kier alpha value is -1.70. The second kappa shape index (κ2) is 7.90. The van der Waals surface area contributed by atoms with Gasteiger partial charge in [0.15, 0.2) is 0 Å². The van der Waals surface area contributed by atoms with Gasteiger partial charge in [0.05, 0.1) is 11.4 Å². The third-order valence-corrected chi connectivity index (χ3v) is 6.90. The zero-order valence-electron chi connectivity index (χ0n) is 15.8. The molecule has 1 saturated heterocycles. The fourth-order valence-electron chi connectivity index (χ4n) is 3.63. The van der Waals surface area contributed by atoms with Crippen LogP contribution in [0.4, 0.5) is 0 Å². The van der Waals surface area contributed by atoms with Crippen LogP contribution in [0.3, 0.4) is 0 Å². The van der Waals surface area contributed by atoms with Crippen molar-refractivity contribution in [3.63, 3.8) is 0 Å². The van der Waals surface area contributed by atoms with E-state index in [9.17, 15) is 8.42 Å². The second-order valence-corrected chi connectivity index (χ2v) is 8.88. The van der Waals surface area contributed by atoms with Crippen LogP contribution in [0.2, 0.25) is 0 Å². The summed E-state index contributed by atoms with van der Waals surface area (Å²) in [5, 5.41) is 4.21. The van der Waals surface area contributed by atoms with Crippen LogP contribution in [0.5, 0.6) is 0 Å². The minimum atomic E-state index is -3.51. The van der Waals surface area contributed by atoms with E-state index in [4.69, 9.17) is 0 Å². The molecule has 2 aromatic rings. The monoisotopic (exact) mass is 376 g/mol. The topological polar surface area (TPSA) is 67.2 Å². The maximum Gasteiger partial charge on any atom is 0.244 e. The number of hydrogen-bond acceptors (Lipinski definition) is 4. The van der Waals surface area contributed by atoms with E-state index in [1.165, 1.54) is 5.56 Å². The molecule has 0 radical (unpaired) electrons. The molecule has 1 aromatic carbocycles. The third-order valence-electron chi connectivity index (χ3n) is 5.23. The van der Waals surface area contributed by atoms with Gasteiger partial charge in [-0.3, -0.25) is 9.58 Å². The number of piperidine rings is 1. The predicted octanol–water partition coefficient (Wildman–Crippen LogP) is 2.23. The van der Waals surface area contributed by atoms with E-state index in [2.05, 4.69) is 39.0 Å². The maximum absolute atomic E-state index is 12.7. The van der Waals surface area contributed by atoms with Gasteiger partial charge in [-0.1, -0.05) is 30.3 Å². The standard InChI is InChI=1S/C19H28N4O2S/c1-15-19(16(2)22(3)21-15)26(24,25)20-13-17-9-11-23(12-10-17)14-18-7-5-4-6-8-18/h4-8,17,20H,9-14H2,1-3H3. The molecule has 0 spiro atoms. The number of hydrogen-bond donors (Lipinski definition) is 1. The fourth-order valence-corrected chi connectivity index (χ4v) is 5.18. The highest BCUT2D eigenvalue weighted by molar-refractivity contribution is 7.89. The van der Waals surface area contributed by atoms with Crippen LogP contribution in [-0.2, 0) is 23.6 Å². The van der Waals surface area contributed by atoms with Gasteiger partial charge in [0.2, 0.25) is 10.0 Å². The molecule has 1 aliphatic heterocycles. The van der Waals surface area contributed by atoms with Crippen molar-refractivity contribution < 1.29 is 8.42 Å². The van der Waals surface area contributed by atoms with Crippen molar-refractivity contribution in [3.8, 4) is 0 Å². The van der Waals surface area contributed by atoms with Gasteiger partial charge in [-0.15, -0.1) is 0 Å². The highest BCUT2D eigenvalue weighted by Crippen LogP contribution is 2.21. The zero-order chi connectivity index (χ0) is 18.7. The SMILES string of the molecule is Cc1nn(C)c(C)c1S(=O)(=O)NCC1CCN(Cc2ccccc2)CC1. The summed E-state index contributed by atoms with van der Waals surface area (Å²) in [5.41, 5.74) is 2.55. The smallest absolute Gasteiger partial charge is 0.244 e. The molecule has 0 atom stereocenters. The number of nitrogens with one attached hydrogen (secondary N) is 1. The molecular weight excluding hydrogens is 348 g/mol. The molecule has 0 unspecified atom stereocenters. The summed E-state index contributed by atoms with van der Waals surface area (Å²) < 4.78 is 29.7. The Kier molecular flexibility index (Phi) is 5.79. The van der Waals surface area contributed by atoms with Crippen LogP contribution in [0.1, 0.15) is 29.8 Å². The molecule has 1 aromatic heterocycles. The van der Waals surface area contributed by atoms with Crippen LogP contribution in [0.15, 0.2) is 35.2 Å². The second-order valence-electron chi connectivity index (χ2n) is 7.18. The minimum absolute atomic E-state index is 0.321. The average Bonchev–Trinajstić information content (AvgIpc) is 2.88. The Morgan fingerprint density at radius 2 is 1.81 bits per heavy atom. The van der Waals surface area contributed by atoms with E-state index in [-0.39, 0.29) is 0 Å². The van der Waals surface area contributed by atoms with Crippen molar-refractivity contribution in [2.75, 3.05) is 19.6 Å². The van der Waals surface area contributed by atoms with E-state index in [0.717, 1.165) is 32.5 Å². The van der Waals surface area contributed by atoms with Gasteiger partial charge < -0.3 is 0 Å². The van der Waals surface area contributed by atoms with Crippen LogP contribution in [-0.4, -0.2) is 42.7 Å². The highest BCUT2D eigenvalue weighted by atomic mass is 32.2. The lowest BCUT2D eigenvalue weighted by molar-refractivity contribution is 0.178. The number of aryl methyl sites for hydroxylation is 2. The van der Waals surface area contributed by atoms with Gasteiger partial charge >= 0.3 is 0 Å². The van der Waals surface area contributed by atoms with E-state index >= 15 is 0 Å². The third kappa shape index (κ3) is 4.34. The summed E-state index contributed by atoms with van der Waals surface area (Å²) in [7, 11) is -1.74. The molecule has 2 heterocycles. The van der Waals surface area contributed by atoms with Crippen LogP contribution < -0.4 is 4.72 Å². The summed E-state index contributed by atoms with van der Waals surface area (Å²) in [6.07, 6.45) is 2.03. The Balaban J connectivity index is 1.52. The first-order valence-electron chi connectivity index (χ1n) is 9.13. The fraction of sp³-hybridized carbons (Fsp3) is 0.526. The quantitative estimate of drug-likeness (QED) is 0.839. The summed E-state index contributed by atoms with van der Waals surface area (Å²) in [5.74, 6) is 0.383. The number of nitrogens with zero attached hydrogens (tertiary/aromatic N) is 3. The number of likely N-dealkylation sites (tertiary alicyclic amines) is 1. The van der Waals surface area contributed by atoms with Crippen molar-refractivity contribution in [1.29, 1.82) is 0 Å². The molecular formula is C19H28N4O2S. The molecule has 1 fully saturated rings. The molecule has 0 amide bonds. The summed E-state index contributed by atoms with van der Waals surface area (Å²) >= 11 is 0. The van der Waals surface area contributed by atoms with Crippen molar-refractivity contribution in [1.82, 2.24) is 19.4 Å². The van der Waals surface area contributed by atoms with Crippen molar-refractivity contribution in [2.24, 2.45) is 13.0 Å².